The molecule has 0 aliphatic carbocycles. The van der Waals surface area contributed by atoms with Gasteiger partial charge in [-0.3, -0.25) is 0 Å². The summed E-state index contributed by atoms with van der Waals surface area (Å²) in [6.45, 7) is 6.28. The summed E-state index contributed by atoms with van der Waals surface area (Å²) in [5.41, 5.74) is 2.36. The van der Waals surface area contributed by atoms with Crippen molar-refractivity contribution in [1.82, 2.24) is 19.8 Å². The minimum absolute atomic E-state index is 0.0382. The van der Waals surface area contributed by atoms with Crippen molar-refractivity contribution >= 4 is 44.8 Å². The van der Waals surface area contributed by atoms with Crippen molar-refractivity contribution in [1.29, 1.82) is 0 Å². The van der Waals surface area contributed by atoms with Crippen LogP contribution >= 0.6 is 11.3 Å². The molecule has 2 aromatic carbocycles. The van der Waals surface area contributed by atoms with Gasteiger partial charge >= 0.3 is 6.03 Å². The number of aromatic nitrogens is 2. The Morgan fingerprint density at radius 2 is 1.59 bits per heavy atom. The minimum atomic E-state index is -0.799. The van der Waals surface area contributed by atoms with E-state index in [9.17, 15) is 13.6 Å². The van der Waals surface area contributed by atoms with Crippen LogP contribution in [0.5, 0.6) is 0 Å². The third-order valence-corrected chi connectivity index (χ3v) is 8.46. The molecule has 2 aliphatic rings. The molecule has 2 saturated heterocycles. The van der Waals surface area contributed by atoms with Crippen LogP contribution in [-0.4, -0.2) is 85.2 Å². The highest BCUT2D eigenvalue weighted by Crippen LogP contribution is 2.37. The number of urea groups is 1. The van der Waals surface area contributed by atoms with E-state index < -0.39 is 17.7 Å². The van der Waals surface area contributed by atoms with Crippen LogP contribution < -0.4 is 15.1 Å². The first kappa shape index (κ1) is 25.4. The largest absolute Gasteiger partial charge is 0.369 e. The second-order valence-corrected chi connectivity index (χ2v) is 10.9. The maximum absolute atomic E-state index is 14.0. The summed E-state index contributed by atoms with van der Waals surface area (Å²) < 4.78 is 27.1. The highest BCUT2D eigenvalue weighted by atomic mass is 32.1. The van der Waals surface area contributed by atoms with E-state index in [1.165, 1.54) is 11.8 Å². The van der Waals surface area contributed by atoms with Gasteiger partial charge in [0.05, 0.1) is 11.1 Å². The van der Waals surface area contributed by atoms with Crippen LogP contribution in [0.3, 0.4) is 0 Å². The normalized spacial score (nSPS) is 16.6. The Hall–Kier alpha value is -3.83. The molecule has 4 heterocycles. The van der Waals surface area contributed by atoms with Gasteiger partial charge in [-0.05, 0) is 42.9 Å². The predicted molar refractivity (Wildman–Crippen MR) is 152 cm³/mol. The number of nitrogens with one attached hydrogen (secondary N) is 1. The number of carbonyl (C=O) groups is 1. The number of fused-ring (bicyclic) bond motifs is 1. The van der Waals surface area contributed by atoms with Crippen molar-refractivity contribution in [2.24, 2.45) is 0 Å². The Morgan fingerprint density at radius 1 is 0.872 bits per heavy atom. The third kappa shape index (κ3) is 5.37. The van der Waals surface area contributed by atoms with Crippen molar-refractivity contribution in [2.75, 3.05) is 74.5 Å². The van der Waals surface area contributed by atoms with Crippen molar-refractivity contribution in [3.63, 3.8) is 0 Å². The number of piperazine rings is 2. The quantitative estimate of drug-likeness (QED) is 0.397. The van der Waals surface area contributed by atoms with Crippen molar-refractivity contribution < 1.29 is 13.6 Å². The summed E-state index contributed by atoms with van der Waals surface area (Å²) in [6.07, 6.45) is 1.59. The van der Waals surface area contributed by atoms with Crippen molar-refractivity contribution in [3.8, 4) is 10.4 Å². The SMILES string of the molecule is CN1CCN(c2ccc(-c3cc4c(N5CCN(C(=O)Nc6ccc(F)cc6F)CC5)ncnc4s3)cc2)CC1. The van der Waals surface area contributed by atoms with Crippen LogP contribution in [0.15, 0.2) is 54.9 Å². The number of likely N-dealkylation sites (N-methyl/N-ethyl adjacent to an activating group) is 1. The average Bonchev–Trinajstić information content (AvgIpc) is 3.40. The van der Waals surface area contributed by atoms with Crippen molar-refractivity contribution in [2.45, 2.75) is 0 Å². The number of rotatable bonds is 4. The first-order valence-electron chi connectivity index (χ1n) is 13.0. The molecule has 0 spiro atoms. The summed E-state index contributed by atoms with van der Waals surface area (Å²) >= 11 is 1.64. The summed E-state index contributed by atoms with van der Waals surface area (Å²) in [5, 5.41) is 3.53. The Kier molecular flexibility index (Phi) is 7.01. The molecule has 4 aromatic rings. The number of amides is 2. The smallest absolute Gasteiger partial charge is 0.322 e. The summed E-state index contributed by atoms with van der Waals surface area (Å²) in [6, 6.07) is 13.6. The lowest BCUT2D eigenvalue weighted by Crippen LogP contribution is -2.50. The van der Waals surface area contributed by atoms with Crippen LogP contribution in [-0.2, 0) is 0 Å². The number of carbonyl (C=O) groups excluding carboxylic acids is 1. The number of benzene rings is 2. The molecule has 202 valence electrons. The van der Waals surface area contributed by atoms with E-state index in [0.29, 0.717) is 26.2 Å². The summed E-state index contributed by atoms with van der Waals surface area (Å²) in [7, 11) is 2.16. The molecule has 0 atom stereocenters. The zero-order valence-electron chi connectivity index (χ0n) is 21.6. The molecule has 39 heavy (non-hydrogen) atoms. The fourth-order valence-corrected chi connectivity index (χ4v) is 6.04. The molecule has 1 N–H and O–H groups in total. The number of hydrogen-bond donors (Lipinski definition) is 1. The van der Waals surface area contributed by atoms with Crippen molar-refractivity contribution in [3.05, 3.63) is 66.5 Å². The number of halogens is 2. The van der Waals surface area contributed by atoms with E-state index in [1.807, 2.05) is 0 Å². The molecular formula is C28H29F2N7OS. The van der Waals surface area contributed by atoms with E-state index in [4.69, 9.17) is 0 Å². The molecule has 2 aliphatic heterocycles. The molecule has 0 unspecified atom stereocenters. The lowest BCUT2D eigenvalue weighted by molar-refractivity contribution is 0.208. The lowest BCUT2D eigenvalue weighted by atomic mass is 10.1. The number of hydrogen-bond acceptors (Lipinski definition) is 7. The number of anilines is 3. The van der Waals surface area contributed by atoms with E-state index in [1.54, 1.807) is 22.6 Å². The van der Waals surface area contributed by atoms with Gasteiger partial charge < -0.3 is 24.9 Å². The third-order valence-electron chi connectivity index (χ3n) is 7.37. The fraction of sp³-hybridized carbons (Fsp3) is 0.321. The predicted octanol–water partition coefficient (Wildman–Crippen LogP) is 4.74. The lowest BCUT2D eigenvalue weighted by Gasteiger charge is -2.35. The second-order valence-electron chi connectivity index (χ2n) is 9.89. The topological polar surface area (TPSA) is 67.8 Å². The molecule has 2 aromatic heterocycles. The molecule has 0 radical (unpaired) electrons. The maximum Gasteiger partial charge on any atom is 0.322 e. The van der Waals surface area contributed by atoms with Gasteiger partial charge in [0.2, 0.25) is 0 Å². The Bertz CT molecular complexity index is 1480. The average molecular weight is 550 g/mol. The van der Waals surface area contributed by atoms with E-state index >= 15 is 0 Å². The van der Waals surface area contributed by atoms with Gasteiger partial charge in [-0.2, -0.15) is 0 Å². The molecular weight excluding hydrogens is 520 g/mol. The summed E-state index contributed by atoms with van der Waals surface area (Å²) in [4.78, 5) is 32.4. The molecule has 2 amide bonds. The van der Waals surface area contributed by atoms with Crippen LogP contribution in [0.2, 0.25) is 0 Å². The van der Waals surface area contributed by atoms with Gasteiger partial charge in [0.15, 0.2) is 0 Å². The highest BCUT2D eigenvalue weighted by molar-refractivity contribution is 7.21. The number of thiophene rings is 1. The van der Waals surface area contributed by atoms with Gasteiger partial charge in [0.25, 0.3) is 0 Å². The maximum atomic E-state index is 14.0. The molecule has 11 heteroatoms. The van der Waals surface area contributed by atoms with E-state index in [-0.39, 0.29) is 5.69 Å². The zero-order chi connectivity index (χ0) is 26.9. The van der Waals surface area contributed by atoms with Crippen LogP contribution in [0.1, 0.15) is 0 Å². The first-order chi connectivity index (χ1) is 18.9. The van der Waals surface area contributed by atoms with Crippen LogP contribution in [0.4, 0.5) is 30.8 Å². The minimum Gasteiger partial charge on any atom is -0.369 e. The Morgan fingerprint density at radius 3 is 2.31 bits per heavy atom. The first-order valence-corrected chi connectivity index (χ1v) is 13.8. The molecule has 0 saturated carbocycles. The van der Waals surface area contributed by atoms with Crippen LogP contribution in [0, 0.1) is 11.6 Å². The zero-order valence-corrected chi connectivity index (χ0v) is 22.4. The van der Waals surface area contributed by atoms with E-state index in [2.05, 4.69) is 67.4 Å². The monoisotopic (exact) mass is 549 g/mol. The van der Waals surface area contributed by atoms with Gasteiger partial charge in [-0.15, -0.1) is 11.3 Å². The van der Waals surface area contributed by atoms with Gasteiger partial charge in [-0.25, -0.2) is 23.5 Å². The number of nitrogens with zero attached hydrogens (tertiary/aromatic N) is 6. The van der Waals surface area contributed by atoms with Gasteiger partial charge in [0, 0.05) is 69.0 Å². The molecule has 6 rings (SSSR count). The molecule has 0 bridgehead atoms. The van der Waals surface area contributed by atoms with Gasteiger partial charge in [-0.1, -0.05) is 12.1 Å². The molecule has 8 nitrogen and oxygen atoms in total. The fourth-order valence-electron chi connectivity index (χ4n) is 5.04. The second kappa shape index (κ2) is 10.7. The highest BCUT2D eigenvalue weighted by Gasteiger charge is 2.25. The van der Waals surface area contributed by atoms with Crippen LogP contribution in [0.25, 0.3) is 20.7 Å². The standard InChI is InChI=1S/C28H29F2N7OS/c1-34-8-10-35(11-9-34)21-5-2-19(3-6-21)25-17-22-26(31-18-32-27(22)39-25)36-12-14-37(15-13-36)28(38)33-24-7-4-20(29)16-23(24)30/h2-7,16-18H,8-15H2,1H3,(H,33,38). The van der Waals surface area contributed by atoms with Gasteiger partial charge in [0.1, 0.15) is 28.6 Å². The Labute approximate surface area is 229 Å². The Balaban J connectivity index is 1.13. The molecule has 2 fully saturated rings. The summed E-state index contributed by atoms with van der Waals surface area (Å²) in [5.74, 6) is -0.636. The van der Waals surface area contributed by atoms with E-state index in [0.717, 1.165) is 64.8 Å².